The second-order valence-electron chi connectivity index (χ2n) is 12.8. The standard InChI is InChI=1S/C45H31N5Si/c1-3-16-32(17-4-1)51(33-18-5-2-6-19-33,50-42-27-13-9-22-36(42)37-23-10-14-28-43(37)50)45-46-31-30-39(48-45)38-24-15-29-44(47-38)49-40-25-11-7-20-34(40)35-21-8-12-26-41(35)49/h1-31H. The van der Waals surface area contributed by atoms with Gasteiger partial charge >= 0.3 is 0 Å². The minimum atomic E-state index is -3.22. The van der Waals surface area contributed by atoms with Gasteiger partial charge < -0.3 is 4.23 Å². The van der Waals surface area contributed by atoms with E-state index in [-0.39, 0.29) is 0 Å². The molecule has 0 N–H and O–H groups in total. The summed E-state index contributed by atoms with van der Waals surface area (Å²) in [6.07, 6.45) is 1.91. The zero-order valence-electron chi connectivity index (χ0n) is 27.6. The van der Waals surface area contributed by atoms with Crippen molar-refractivity contribution >= 4 is 67.7 Å². The van der Waals surface area contributed by atoms with Gasteiger partial charge in [-0.15, -0.1) is 0 Å². The van der Waals surface area contributed by atoms with E-state index in [2.05, 4.69) is 185 Å². The highest BCUT2D eigenvalue weighted by Crippen LogP contribution is 2.33. The number of aromatic nitrogens is 5. The number of rotatable bonds is 6. The monoisotopic (exact) mass is 669 g/mol. The average molecular weight is 670 g/mol. The van der Waals surface area contributed by atoms with Crippen molar-refractivity contribution in [2.24, 2.45) is 0 Å². The first-order valence-corrected chi connectivity index (χ1v) is 19.2. The van der Waals surface area contributed by atoms with Gasteiger partial charge in [0.15, 0.2) is 0 Å². The molecule has 4 aromatic heterocycles. The second-order valence-corrected chi connectivity index (χ2v) is 16.3. The van der Waals surface area contributed by atoms with Crippen LogP contribution in [0.3, 0.4) is 0 Å². The van der Waals surface area contributed by atoms with Crippen LogP contribution in [0.4, 0.5) is 0 Å². The van der Waals surface area contributed by atoms with E-state index in [1.54, 1.807) is 0 Å². The SMILES string of the molecule is c1ccc([Si](c2ccccc2)(c2nccc(-c3cccc(-n4c5ccccc5c5ccccc54)n3)n2)n2c3ccccc3c3ccccc32)cc1. The van der Waals surface area contributed by atoms with Crippen LogP contribution in [0, 0.1) is 0 Å². The van der Waals surface area contributed by atoms with Crippen LogP contribution < -0.4 is 15.8 Å². The van der Waals surface area contributed by atoms with E-state index in [4.69, 9.17) is 15.0 Å². The Morgan fingerprint density at radius 3 is 1.37 bits per heavy atom. The lowest BCUT2D eigenvalue weighted by Crippen LogP contribution is -2.73. The Kier molecular flexibility index (Phi) is 6.75. The molecule has 0 atom stereocenters. The summed E-state index contributed by atoms with van der Waals surface area (Å²) in [7, 11) is -3.22. The molecule has 10 aromatic rings. The Balaban J connectivity index is 1.26. The largest absolute Gasteiger partial charge is 0.353 e. The van der Waals surface area contributed by atoms with Crippen molar-refractivity contribution in [3.63, 3.8) is 0 Å². The first-order chi connectivity index (χ1) is 25.3. The molecule has 0 aliphatic heterocycles. The number of pyridine rings is 1. The summed E-state index contributed by atoms with van der Waals surface area (Å²) >= 11 is 0. The van der Waals surface area contributed by atoms with Gasteiger partial charge in [0, 0.05) is 38.8 Å². The molecule has 0 spiro atoms. The highest BCUT2D eigenvalue weighted by atomic mass is 28.3. The summed E-state index contributed by atoms with van der Waals surface area (Å²) in [6.45, 7) is 0. The summed E-state index contributed by atoms with van der Waals surface area (Å²) in [6, 6.07) is 64.4. The summed E-state index contributed by atoms with van der Waals surface area (Å²) in [4.78, 5) is 16.1. The fourth-order valence-electron chi connectivity index (χ4n) is 7.96. The highest BCUT2D eigenvalue weighted by molar-refractivity contribution is 7.10. The molecule has 0 amide bonds. The molecule has 51 heavy (non-hydrogen) atoms. The normalized spacial score (nSPS) is 11.9. The molecule has 240 valence electrons. The van der Waals surface area contributed by atoms with Gasteiger partial charge in [-0.2, -0.15) is 0 Å². The van der Waals surface area contributed by atoms with E-state index in [1.807, 2.05) is 12.3 Å². The summed E-state index contributed by atoms with van der Waals surface area (Å²) in [5, 5.41) is 7.25. The smallest absolute Gasteiger partial charge is 0.300 e. The highest BCUT2D eigenvalue weighted by Gasteiger charge is 2.47. The predicted octanol–water partition coefficient (Wildman–Crippen LogP) is 8.26. The van der Waals surface area contributed by atoms with Crippen molar-refractivity contribution in [3.05, 3.63) is 188 Å². The van der Waals surface area contributed by atoms with Crippen molar-refractivity contribution in [3.8, 4) is 17.2 Å². The van der Waals surface area contributed by atoms with Crippen LogP contribution >= 0.6 is 0 Å². The zero-order chi connectivity index (χ0) is 33.8. The Hall–Kier alpha value is -6.63. The molecular weight excluding hydrogens is 639 g/mol. The molecule has 0 saturated heterocycles. The van der Waals surface area contributed by atoms with Crippen LogP contribution in [0.25, 0.3) is 60.8 Å². The molecule has 0 aliphatic rings. The molecule has 0 bridgehead atoms. The first-order valence-electron chi connectivity index (χ1n) is 17.2. The first kappa shape index (κ1) is 29.3. The number of para-hydroxylation sites is 4. The van der Waals surface area contributed by atoms with Gasteiger partial charge in [0.2, 0.25) is 0 Å². The maximum atomic E-state index is 5.54. The van der Waals surface area contributed by atoms with Gasteiger partial charge in [-0.05, 0) is 52.8 Å². The van der Waals surface area contributed by atoms with Crippen LogP contribution in [-0.2, 0) is 0 Å². The van der Waals surface area contributed by atoms with E-state index in [1.165, 1.54) is 43.0 Å². The molecule has 4 heterocycles. The van der Waals surface area contributed by atoms with Gasteiger partial charge in [-0.1, -0.05) is 140 Å². The van der Waals surface area contributed by atoms with E-state index >= 15 is 0 Å². The molecule has 0 radical (unpaired) electrons. The quantitative estimate of drug-likeness (QED) is 0.168. The van der Waals surface area contributed by atoms with E-state index < -0.39 is 8.24 Å². The number of benzene rings is 6. The van der Waals surface area contributed by atoms with Crippen LogP contribution in [-0.4, -0.2) is 32.0 Å². The Morgan fingerprint density at radius 1 is 0.373 bits per heavy atom. The fraction of sp³-hybridized carbons (Fsp3) is 0. The topological polar surface area (TPSA) is 48.5 Å². The average Bonchev–Trinajstić information content (AvgIpc) is 3.73. The summed E-state index contributed by atoms with van der Waals surface area (Å²) < 4.78 is 4.82. The van der Waals surface area contributed by atoms with Crippen LogP contribution in [0.15, 0.2) is 188 Å². The third-order valence-corrected chi connectivity index (χ3v) is 14.5. The number of hydrogen-bond acceptors (Lipinski definition) is 3. The van der Waals surface area contributed by atoms with Gasteiger partial charge in [0.05, 0.1) is 22.4 Å². The lowest BCUT2D eigenvalue weighted by atomic mass is 10.2. The van der Waals surface area contributed by atoms with Gasteiger partial charge in [-0.3, -0.25) is 4.57 Å². The molecule has 0 fully saturated rings. The fourth-order valence-corrected chi connectivity index (χ4v) is 12.5. The number of nitrogens with zero attached hydrogens (tertiary/aromatic N) is 5. The molecule has 5 nitrogen and oxygen atoms in total. The van der Waals surface area contributed by atoms with E-state index in [0.29, 0.717) is 0 Å². The van der Waals surface area contributed by atoms with Crippen molar-refractivity contribution in [1.82, 2.24) is 23.8 Å². The Labute approximate surface area is 295 Å². The predicted molar refractivity (Wildman–Crippen MR) is 212 cm³/mol. The molecule has 6 heteroatoms. The molecule has 0 unspecified atom stereocenters. The third kappa shape index (κ3) is 4.43. The van der Waals surface area contributed by atoms with Gasteiger partial charge in [-0.25, -0.2) is 15.0 Å². The number of fused-ring (bicyclic) bond motifs is 6. The molecular formula is C45H31N5Si. The second kappa shape index (κ2) is 11.8. The Bertz CT molecular complexity index is 2730. The minimum absolute atomic E-state index is 0.784. The van der Waals surface area contributed by atoms with Crippen LogP contribution in [0.2, 0.25) is 0 Å². The van der Waals surface area contributed by atoms with Crippen molar-refractivity contribution < 1.29 is 0 Å². The lowest BCUT2D eigenvalue weighted by molar-refractivity contribution is 1.07. The van der Waals surface area contributed by atoms with Gasteiger partial charge in [0.1, 0.15) is 11.3 Å². The van der Waals surface area contributed by atoms with Crippen molar-refractivity contribution in [2.75, 3.05) is 0 Å². The zero-order valence-corrected chi connectivity index (χ0v) is 28.6. The lowest BCUT2D eigenvalue weighted by Gasteiger charge is -2.34. The number of hydrogen-bond donors (Lipinski definition) is 0. The van der Waals surface area contributed by atoms with Crippen molar-refractivity contribution in [2.45, 2.75) is 0 Å². The maximum Gasteiger partial charge on any atom is 0.300 e. The minimum Gasteiger partial charge on any atom is -0.353 e. The molecule has 0 aliphatic carbocycles. The van der Waals surface area contributed by atoms with Gasteiger partial charge in [0.25, 0.3) is 8.24 Å². The molecule has 0 saturated carbocycles. The van der Waals surface area contributed by atoms with E-state index in [0.717, 1.165) is 33.7 Å². The molecule has 6 aromatic carbocycles. The van der Waals surface area contributed by atoms with Crippen LogP contribution in [0.5, 0.6) is 0 Å². The summed E-state index contributed by atoms with van der Waals surface area (Å²) in [5.74, 6) is 0.849. The third-order valence-electron chi connectivity index (χ3n) is 10.1. The van der Waals surface area contributed by atoms with Crippen molar-refractivity contribution in [1.29, 1.82) is 0 Å². The summed E-state index contributed by atoms with van der Waals surface area (Å²) in [5.41, 5.74) is 6.96. The Morgan fingerprint density at radius 2 is 0.824 bits per heavy atom. The van der Waals surface area contributed by atoms with E-state index in [9.17, 15) is 0 Å². The maximum absolute atomic E-state index is 5.54. The molecule has 10 rings (SSSR count). The van der Waals surface area contributed by atoms with Crippen LogP contribution in [0.1, 0.15) is 0 Å².